The first-order valence-electron chi connectivity index (χ1n) is 7.60. The minimum Gasteiger partial charge on any atom is -0.496 e. The molecule has 0 amide bonds. The Hall–Kier alpha value is -3.28. The summed E-state index contributed by atoms with van der Waals surface area (Å²) in [6, 6.07) is 11.9. The van der Waals surface area contributed by atoms with E-state index in [-0.39, 0.29) is 11.5 Å². The van der Waals surface area contributed by atoms with Crippen LogP contribution in [0.1, 0.15) is 22.8 Å². The van der Waals surface area contributed by atoms with Crippen LogP contribution in [-0.4, -0.2) is 30.1 Å². The lowest BCUT2D eigenvalue weighted by molar-refractivity contribution is -0.144. The molecule has 2 aromatic carbocycles. The highest BCUT2D eigenvalue weighted by Gasteiger charge is 2.28. The minimum absolute atomic E-state index is 0.169. The maximum Gasteiger partial charge on any atom is 0.344 e. The third kappa shape index (κ3) is 3.33. The van der Waals surface area contributed by atoms with E-state index in [9.17, 15) is 9.59 Å². The summed E-state index contributed by atoms with van der Waals surface area (Å²) in [7, 11) is 1.55. The molecule has 0 radical (unpaired) electrons. The van der Waals surface area contributed by atoms with E-state index in [1.54, 1.807) is 31.4 Å². The number of methoxy groups -OCH3 is 1. The van der Waals surface area contributed by atoms with Gasteiger partial charge in [-0.25, -0.2) is 4.79 Å². The van der Waals surface area contributed by atoms with Crippen LogP contribution >= 0.6 is 0 Å². The number of ether oxygens (including phenoxy) is 3. The number of hydrogen-bond donors (Lipinski definition) is 1. The first-order valence-corrected chi connectivity index (χ1v) is 7.60. The predicted octanol–water partition coefficient (Wildman–Crippen LogP) is 3.16. The number of carboxylic acid groups (broad SMARTS) is 1. The van der Waals surface area contributed by atoms with Gasteiger partial charge in [-0.2, -0.15) is 0 Å². The molecule has 0 bridgehead atoms. The van der Waals surface area contributed by atoms with Gasteiger partial charge in [-0.15, -0.1) is 0 Å². The van der Waals surface area contributed by atoms with Gasteiger partial charge in [0.2, 0.25) is 5.78 Å². The predicted molar refractivity (Wildman–Crippen MR) is 90.1 cm³/mol. The van der Waals surface area contributed by atoms with Crippen molar-refractivity contribution in [3.63, 3.8) is 0 Å². The number of allylic oxidation sites excluding steroid dienone is 1. The van der Waals surface area contributed by atoms with Crippen LogP contribution in [0.5, 0.6) is 17.2 Å². The molecule has 1 atom stereocenters. The Morgan fingerprint density at radius 1 is 1.24 bits per heavy atom. The molecular formula is C19H16O6. The molecule has 3 rings (SSSR count). The maximum atomic E-state index is 12.5. The number of para-hydroxylation sites is 1. The van der Waals surface area contributed by atoms with Gasteiger partial charge in [0.25, 0.3) is 0 Å². The van der Waals surface area contributed by atoms with E-state index in [2.05, 4.69) is 0 Å². The topological polar surface area (TPSA) is 82.1 Å². The van der Waals surface area contributed by atoms with Crippen LogP contribution in [0.4, 0.5) is 0 Å². The van der Waals surface area contributed by atoms with Crippen molar-refractivity contribution in [2.75, 3.05) is 7.11 Å². The van der Waals surface area contributed by atoms with Gasteiger partial charge in [0.1, 0.15) is 17.2 Å². The van der Waals surface area contributed by atoms with Crippen LogP contribution in [0.3, 0.4) is 0 Å². The van der Waals surface area contributed by atoms with Crippen molar-refractivity contribution < 1.29 is 28.9 Å². The fourth-order valence-electron chi connectivity index (χ4n) is 2.42. The van der Waals surface area contributed by atoms with E-state index in [0.29, 0.717) is 22.8 Å². The molecule has 0 spiro atoms. The molecule has 0 aliphatic carbocycles. The maximum absolute atomic E-state index is 12.5. The monoisotopic (exact) mass is 340 g/mol. The SMILES string of the molecule is COc1ccccc1C=C1Oc2cc(OC(C)C(=O)O)ccc2C1=O. The Balaban J connectivity index is 1.88. The van der Waals surface area contributed by atoms with Gasteiger partial charge in [-0.1, -0.05) is 18.2 Å². The van der Waals surface area contributed by atoms with E-state index >= 15 is 0 Å². The summed E-state index contributed by atoms with van der Waals surface area (Å²) in [5.41, 5.74) is 1.12. The number of fused-ring (bicyclic) bond motifs is 1. The molecule has 1 aliphatic heterocycles. The van der Waals surface area contributed by atoms with Crippen molar-refractivity contribution in [1.82, 2.24) is 0 Å². The van der Waals surface area contributed by atoms with E-state index < -0.39 is 12.1 Å². The van der Waals surface area contributed by atoms with E-state index in [0.717, 1.165) is 5.56 Å². The molecular weight excluding hydrogens is 324 g/mol. The molecule has 25 heavy (non-hydrogen) atoms. The van der Waals surface area contributed by atoms with E-state index in [1.165, 1.54) is 13.0 Å². The van der Waals surface area contributed by atoms with Gasteiger partial charge in [-0.3, -0.25) is 4.79 Å². The lowest BCUT2D eigenvalue weighted by Gasteiger charge is -2.10. The highest BCUT2D eigenvalue weighted by atomic mass is 16.5. The fraction of sp³-hybridized carbons (Fsp3) is 0.158. The van der Waals surface area contributed by atoms with Gasteiger partial charge < -0.3 is 19.3 Å². The van der Waals surface area contributed by atoms with Crippen molar-refractivity contribution in [2.24, 2.45) is 0 Å². The molecule has 0 saturated carbocycles. The lowest BCUT2D eigenvalue weighted by atomic mass is 10.1. The van der Waals surface area contributed by atoms with Crippen LogP contribution in [0.2, 0.25) is 0 Å². The fourth-order valence-corrected chi connectivity index (χ4v) is 2.42. The van der Waals surface area contributed by atoms with E-state index in [1.807, 2.05) is 18.2 Å². The molecule has 1 N–H and O–H groups in total. The molecule has 128 valence electrons. The van der Waals surface area contributed by atoms with Crippen LogP contribution < -0.4 is 14.2 Å². The lowest BCUT2D eigenvalue weighted by Crippen LogP contribution is -2.22. The Labute approximate surface area is 144 Å². The number of Topliss-reactive ketones (excluding diaryl/α,β-unsaturated/α-hetero) is 1. The number of aliphatic carboxylic acids is 1. The molecule has 1 aliphatic rings. The number of benzene rings is 2. The second-order valence-electron chi connectivity index (χ2n) is 5.44. The largest absolute Gasteiger partial charge is 0.496 e. The summed E-state index contributed by atoms with van der Waals surface area (Å²) in [6.45, 7) is 1.43. The number of hydrogen-bond acceptors (Lipinski definition) is 5. The Morgan fingerprint density at radius 3 is 2.72 bits per heavy atom. The van der Waals surface area contributed by atoms with E-state index in [4.69, 9.17) is 19.3 Å². The zero-order valence-electron chi connectivity index (χ0n) is 13.7. The number of carboxylic acids is 1. The van der Waals surface area contributed by atoms with Gasteiger partial charge >= 0.3 is 5.97 Å². The molecule has 6 heteroatoms. The summed E-state index contributed by atoms with van der Waals surface area (Å²) in [4.78, 5) is 23.3. The van der Waals surface area contributed by atoms with Crippen LogP contribution in [-0.2, 0) is 4.79 Å². The summed E-state index contributed by atoms with van der Waals surface area (Å²) in [6.07, 6.45) is 0.612. The smallest absolute Gasteiger partial charge is 0.344 e. The van der Waals surface area contributed by atoms with Crippen molar-refractivity contribution in [2.45, 2.75) is 13.0 Å². The molecule has 1 heterocycles. The average molecular weight is 340 g/mol. The second-order valence-corrected chi connectivity index (χ2v) is 5.44. The number of rotatable bonds is 5. The van der Waals surface area contributed by atoms with Crippen LogP contribution in [0.25, 0.3) is 6.08 Å². The summed E-state index contributed by atoms with van der Waals surface area (Å²) >= 11 is 0. The van der Waals surface area contributed by atoms with Gasteiger partial charge in [0.05, 0.1) is 12.7 Å². The zero-order chi connectivity index (χ0) is 18.0. The number of ketones is 1. The Kier molecular flexibility index (Phi) is 4.43. The average Bonchev–Trinajstić information content (AvgIpc) is 2.90. The number of carbonyl (C=O) groups is 2. The normalized spacial score (nSPS) is 15.4. The number of carbonyl (C=O) groups excluding carboxylic acids is 1. The van der Waals surface area contributed by atoms with Gasteiger partial charge in [0, 0.05) is 11.6 Å². The van der Waals surface area contributed by atoms with Crippen molar-refractivity contribution in [3.8, 4) is 17.2 Å². The quantitative estimate of drug-likeness (QED) is 0.842. The summed E-state index contributed by atoms with van der Waals surface area (Å²) < 4.78 is 16.2. The van der Waals surface area contributed by atoms with Gasteiger partial charge in [-0.05, 0) is 31.2 Å². The molecule has 0 saturated heterocycles. The Bertz CT molecular complexity index is 868. The third-order valence-corrected chi connectivity index (χ3v) is 3.73. The highest BCUT2D eigenvalue weighted by Crippen LogP contribution is 2.35. The van der Waals surface area contributed by atoms with Crippen LogP contribution in [0, 0.1) is 0 Å². The molecule has 0 fully saturated rings. The first-order chi connectivity index (χ1) is 12.0. The molecule has 0 aromatic heterocycles. The molecule has 1 unspecified atom stereocenters. The third-order valence-electron chi connectivity index (χ3n) is 3.73. The van der Waals surface area contributed by atoms with Gasteiger partial charge in [0.15, 0.2) is 11.9 Å². The highest BCUT2D eigenvalue weighted by molar-refractivity contribution is 6.14. The van der Waals surface area contributed by atoms with Crippen molar-refractivity contribution >= 4 is 17.8 Å². The molecule has 2 aromatic rings. The van der Waals surface area contributed by atoms with Crippen LogP contribution in [0.15, 0.2) is 48.2 Å². The minimum atomic E-state index is -1.07. The van der Waals surface area contributed by atoms with Crippen molar-refractivity contribution in [3.05, 3.63) is 59.4 Å². The molecule has 6 nitrogen and oxygen atoms in total. The Morgan fingerprint density at radius 2 is 2.00 bits per heavy atom. The van der Waals surface area contributed by atoms with Crippen molar-refractivity contribution in [1.29, 1.82) is 0 Å². The first kappa shape index (κ1) is 16.6. The zero-order valence-corrected chi connectivity index (χ0v) is 13.7. The summed E-state index contributed by atoms with van der Waals surface area (Å²) in [5.74, 6) is 0.124. The second kappa shape index (κ2) is 6.68. The summed E-state index contributed by atoms with van der Waals surface area (Å²) in [5, 5.41) is 8.90. The standard InChI is InChI=1S/C19H16O6/c1-11(19(21)22)24-13-7-8-14-16(10-13)25-17(18(14)20)9-12-5-3-4-6-15(12)23-2/h3-11H,1-2H3,(H,21,22).